The molecule has 2 aromatic rings. The number of nitrogens with one attached hydrogen (secondary N) is 1. The zero-order chi connectivity index (χ0) is 22.1. The van der Waals surface area contributed by atoms with E-state index in [1.807, 2.05) is 45.9 Å². The second-order valence-corrected chi connectivity index (χ2v) is 6.41. The van der Waals surface area contributed by atoms with Gasteiger partial charge in [-0.1, -0.05) is 6.07 Å². The number of rotatable bonds is 11. The zero-order valence-electron chi connectivity index (χ0n) is 18.5. The molecule has 1 N–H and O–H groups in total. The molecule has 2 rings (SSSR count). The van der Waals surface area contributed by atoms with Gasteiger partial charge in [-0.15, -0.1) is 0 Å². The molecule has 7 nitrogen and oxygen atoms in total. The molecule has 0 saturated heterocycles. The summed E-state index contributed by atoms with van der Waals surface area (Å²) < 4.78 is 27.7. The first-order valence-electron chi connectivity index (χ1n) is 10.1. The van der Waals surface area contributed by atoms with Crippen molar-refractivity contribution in [3.05, 3.63) is 41.5 Å². The summed E-state index contributed by atoms with van der Waals surface area (Å²) in [6.07, 6.45) is 0. The monoisotopic (exact) mass is 417 g/mol. The van der Waals surface area contributed by atoms with Crippen LogP contribution in [0.3, 0.4) is 0 Å². The van der Waals surface area contributed by atoms with E-state index in [0.29, 0.717) is 54.1 Å². The lowest BCUT2D eigenvalue weighted by molar-refractivity contribution is 0.0938. The van der Waals surface area contributed by atoms with Crippen LogP contribution in [0.25, 0.3) is 0 Å². The third kappa shape index (κ3) is 5.49. The van der Waals surface area contributed by atoms with Crippen LogP contribution in [0, 0.1) is 0 Å². The molecule has 7 heteroatoms. The van der Waals surface area contributed by atoms with Crippen molar-refractivity contribution in [1.82, 2.24) is 5.32 Å². The van der Waals surface area contributed by atoms with E-state index in [1.54, 1.807) is 26.4 Å². The van der Waals surface area contributed by atoms with Gasteiger partial charge in [0, 0.05) is 5.56 Å². The third-order valence-electron chi connectivity index (χ3n) is 4.43. The number of hydrogen-bond acceptors (Lipinski definition) is 6. The number of carbonyl (C=O) groups excluding carboxylic acids is 1. The Labute approximate surface area is 178 Å². The molecular formula is C23H31NO6. The van der Waals surface area contributed by atoms with Gasteiger partial charge in [-0.3, -0.25) is 4.79 Å². The van der Waals surface area contributed by atoms with Crippen molar-refractivity contribution >= 4 is 5.91 Å². The third-order valence-corrected chi connectivity index (χ3v) is 4.43. The molecule has 0 aromatic heterocycles. The lowest BCUT2D eigenvalue weighted by Crippen LogP contribution is -2.26. The Bertz CT molecular complexity index is 825. The van der Waals surface area contributed by atoms with Crippen molar-refractivity contribution in [2.75, 3.05) is 34.0 Å². The maximum absolute atomic E-state index is 13.0. The van der Waals surface area contributed by atoms with Crippen molar-refractivity contribution in [3.8, 4) is 28.7 Å². The molecule has 0 heterocycles. The summed E-state index contributed by atoms with van der Waals surface area (Å²) in [6, 6.07) is 8.64. The lowest BCUT2D eigenvalue weighted by atomic mass is 10.1. The number of ether oxygens (including phenoxy) is 5. The van der Waals surface area contributed by atoms with Crippen LogP contribution in [0.5, 0.6) is 28.7 Å². The molecule has 1 atom stereocenters. The highest BCUT2D eigenvalue weighted by atomic mass is 16.5. The summed E-state index contributed by atoms with van der Waals surface area (Å²) >= 11 is 0. The van der Waals surface area contributed by atoms with Crippen molar-refractivity contribution < 1.29 is 28.5 Å². The number of benzene rings is 2. The Hall–Kier alpha value is -3.09. The minimum absolute atomic E-state index is 0.248. The second-order valence-electron chi connectivity index (χ2n) is 6.41. The highest BCUT2D eigenvalue weighted by molar-refractivity contribution is 5.96. The van der Waals surface area contributed by atoms with Gasteiger partial charge in [0.15, 0.2) is 23.0 Å². The SMILES string of the molecule is CCOc1cc(C(=O)N[C@H](C)c2ccc(OC)c(OC)c2)cc(OCC)c1OCC. The summed E-state index contributed by atoms with van der Waals surface area (Å²) in [5.41, 5.74) is 1.32. The maximum atomic E-state index is 13.0. The summed E-state index contributed by atoms with van der Waals surface area (Å²) in [6.45, 7) is 8.89. The van der Waals surface area contributed by atoms with E-state index < -0.39 is 0 Å². The van der Waals surface area contributed by atoms with Crippen molar-refractivity contribution in [2.45, 2.75) is 33.7 Å². The molecule has 0 spiro atoms. The van der Waals surface area contributed by atoms with Gasteiger partial charge in [0.2, 0.25) is 5.75 Å². The van der Waals surface area contributed by atoms with E-state index >= 15 is 0 Å². The lowest BCUT2D eigenvalue weighted by Gasteiger charge is -2.19. The highest BCUT2D eigenvalue weighted by Crippen LogP contribution is 2.39. The van der Waals surface area contributed by atoms with Crippen molar-refractivity contribution in [3.63, 3.8) is 0 Å². The Morgan fingerprint density at radius 1 is 0.833 bits per heavy atom. The smallest absolute Gasteiger partial charge is 0.252 e. The van der Waals surface area contributed by atoms with Crippen molar-refractivity contribution in [2.24, 2.45) is 0 Å². The predicted molar refractivity (Wildman–Crippen MR) is 115 cm³/mol. The average molecular weight is 418 g/mol. The molecule has 0 saturated carbocycles. The predicted octanol–water partition coefficient (Wildman–Crippen LogP) is 4.39. The van der Waals surface area contributed by atoms with E-state index in [-0.39, 0.29) is 11.9 Å². The highest BCUT2D eigenvalue weighted by Gasteiger charge is 2.20. The fraction of sp³-hybridized carbons (Fsp3) is 0.435. The van der Waals surface area contributed by atoms with Gasteiger partial charge in [-0.2, -0.15) is 0 Å². The van der Waals surface area contributed by atoms with E-state index in [4.69, 9.17) is 23.7 Å². The van der Waals surface area contributed by atoms with Crippen LogP contribution in [0.15, 0.2) is 30.3 Å². The first-order valence-corrected chi connectivity index (χ1v) is 10.1. The van der Waals surface area contributed by atoms with Crippen LogP contribution in [0.1, 0.15) is 49.7 Å². The molecule has 0 fully saturated rings. The summed E-state index contributed by atoms with van der Waals surface area (Å²) in [5.74, 6) is 2.46. The van der Waals surface area contributed by atoms with Gasteiger partial charge in [-0.25, -0.2) is 0 Å². The minimum atomic E-state index is -0.255. The van der Waals surface area contributed by atoms with E-state index in [1.165, 1.54) is 0 Å². The van der Waals surface area contributed by atoms with Gasteiger partial charge < -0.3 is 29.0 Å². The molecule has 0 aliphatic rings. The van der Waals surface area contributed by atoms with Gasteiger partial charge in [0.05, 0.1) is 40.1 Å². The molecule has 30 heavy (non-hydrogen) atoms. The minimum Gasteiger partial charge on any atom is -0.493 e. The largest absolute Gasteiger partial charge is 0.493 e. The van der Waals surface area contributed by atoms with Crippen LogP contribution in [-0.4, -0.2) is 39.9 Å². The summed E-state index contributed by atoms with van der Waals surface area (Å²) in [7, 11) is 3.16. The van der Waals surface area contributed by atoms with Crippen LogP contribution in [0.2, 0.25) is 0 Å². The van der Waals surface area contributed by atoms with Crippen LogP contribution in [0.4, 0.5) is 0 Å². The normalized spacial score (nSPS) is 11.4. The Balaban J connectivity index is 2.31. The summed E-state index contributed by atoms with van der Waals surface area (Å²) in [4.78, 5) is 13.0. The Morgan fingerprint density at radius 2 is 1.40 bits per heavy atom. The number of methoxy groups -OCH3 is 2. The Kier molecular flexibility index (Phi) is 8.65. The molecule has 0 bridgehead atoms. The molecule has 0 aliphatic heterocycles. The molecule has 0 aliphatic carbocycles. The fourth-order valence-corrected chi connectivity index (χ4v) is 3.01. The topological polar surface area (TPSA) is 75.3 Å². The van der Waals surface area contributed by atoms with E-state index in [9.17, 15) is 4.79 Å². The van der Waals surface area contributed by atoms with E-state index in [0.717, 1.165) is 5.56 Å². The van der Waals surface area contributed by atoms with E-state index in [2.05, 4.69) is 5.32 Å². The second kappa shape index (κ2) is 11.2. The molecule has 0 unspecified atom stereocenters. The average Bonchev–Trinajstić information content (AvgIpc) is 2.75. The number of amides is 1. The van der Waals surface area contributed by atoms with Gasteiger partial charge in [0.25, 0.3) is 5.91 Å². The zero-order valence-corrected chi connectivity index (χ0v) is 18.5. The Morgan fingerprint density at radius 3 is 1.90 bits per heavy atom. The van der Waals surface area contributed by atoms with Crippen LogP contribution < -0.4 is 29.0 Å². The molecule has 164 valence electrons. The number of hydrogen-bond donors (Lipinski definition) is 1. The van der Waals surface area contributed by atoms with Crippen molar-refractivity contribution in [1.29, 1.82) is 0 Å². The fourth-order valence-electron chi connectivity index (χ4n) is 3.01. The maximum Gasteiger partial charge on any atom is 0.252 e. The quantitative estimate of drug-likeness (QED) is 0.584. The van der Waals surface area contributed by atoms with Gasteiger partial charge >= 0.3 is 0 Å². The van der Waals surface area contributed by atoms with Crippen LogP contribution >= 0.6 is 0 Å². The number of carbonyl (C=O) groups is 1. The first-order chi connectivity index (χ1) is 14.5. The molecular weight excluding hydrogens is 386 g/mol. The van der Waals surface area contributed by atoms with Crippen LogP contribution in [-0.2, 0) is 0 Å². The first kappa shape index (κ1) is 23.2. The van der Waals surface area contributed by atoms with Gasteiger partial charge in [-0.05, 0) is 57.5 Å². The molecule has 1 amide bonds. The summed E-state index contributed by atoms with van der Waals surface area (Å²) in [5, 5.41) is 3.00. The molecule has 2 aromatic carbocycles. The standard InChI is InChI=1S/C23H31NO6/c1-7-28-20-13-17(14-21(29-8-2)22(20)30-9-3)23(25)24-15(4)16-10-11-18(26-5)19(12-16)27-6/h10-15H,7-9H2,1-6H3,(H,24,25)/t15-/m1/s1. The van der Waals surface area contributed by atoms with Gasteiger partial charge in [0.1, 0.15) is 0 Å². The molecule has 0 radical (unpaired) electrons.